The minimum absolute atomic E-state index is 0.0601. The highest BCUT2D eigenvalue weighted by Crippen LogP contribution is 2.19. The van der Waals surface area contributed by atoms with E-state index < -0.39 is 6.04 Å². The summed E-state index contributed by atoms with van der Waals surface area (Å²) in [6.45, 7) is 7.63. The van der Waals surface area contributed by atoms with E-state index in [-0.39, 0.29) is 30.8 Å². The lowest BCUT2D eigenvalue weighted by Gasteiger charge is -2.27. The number of likely N-dealkylation sites (N-methyl/N-ethyl adjacent to an activating group) is 2. The van der Waals surface area contributed by atoms with Crippen LogP contribution in [-0.2, 0) is 20.8 Å². The maximum atomic E-state index is 12.8. The Hall–Kier alpha value is -3.19. The first kappa shape index (κ1) is 25.1. The Balaban J connectivity index is 1.90. The van der Waals surface area contributed by atoms with E-state index in [0.717, 1.165) is 34.5 Å². The van der Waals surface area contributed by atoms with E-state index in [1.807, 2.05) is 63.2 Å². The molecular weight excluding hydrogens is 404 g/mol. The van der Waals surface area contributed by atoms with Crippen molar-refractivity contribution in [1.29, 1.82) is 0 Å². The van der Waals surface area contributed by atoms with Gasteiger partial charge in [-0.15, -0.1) is 0 Å². The van der Waals surface area contributed by atoms with Crippen molar-refractivity contribution < 1.29 is 14.4 Å². The molecule has 1 atom stereocenters. The van der Waals surface area contributed by atoms with Gasteiger partial charge in [0.1, 0.15) is 0 Å². The molecule has 0 saturated carbocycles. The highest BCUT2D eigenvalue weighted by Gasteiger charge is 2.24. The van der Waals surface area contributed by atoms with E-state index in [1.165, 1.54) is 4.90 Å². The summed E-state index contributed by atoms with van der Waals surface area (Å²) < 4.78 is 0. The number of nitrogens with one attached hydrogen (secondary N) is 2. The molecule has 7 heteroatoms. The number of rotatable bonds is 9. The van der Waals surface area contributed by atoms with Crippen molar-refractivity contribution in [3.05, 3.63) is 59.2 Å². The molecule has 0 aromatic heterocycles. The highest BCUT2D eigenvalue weighted by atomic mass is 16.2. The van der Waals surface area contributed by atoms with Crippen LogP contribution in [0.1, 0.15) is 30.5 Å². The first-order valence-corrected chi connectivity index (χ1v) is 10.8. The van der Waals surface area contributed by atoms with Crippen molar-refractivity contribution in [3.63, 3.8) is 0 Å². The highest BCUT2D eigenvalue weighted by molar-refractivity contribution is 5.96. The molecule has 2 N–H and O–H groups in total. The van der Waals surface area contributed by atoms with Crippen LogP contribution in [0, 0.1) is 13.8 Å². The minimum Gasteiger partial charge on any atom is -0.335 e. The molecule has 0 aliphatic carbocycles. The summed E-state index contributed by atoms with van der Waals surface area (Å²) >= 11 is 0. The van der Waals surface area contributed by atoms with Gasteiger partial charge in [-0.1, -0.05) is 43.3 Å². The third kappa shape index (κ3) is 6.65. The number of hydrogen-bond acceptors (Lipinski definition) is 4. The first-order chi connectivity index (χ1) is 15.1. The van der Waals surface area contributed by atoms with Crippen LogP contribution in [0.3, 0.4) is 0 Å². The van der Waals surface area contributed by atoms with E-state index in [1.54, 1.807) is 25.9 Å². The van der Waals surface area contributed by atoms with Gasteiger partial charge < -0.3 is 15.5 Å². The molecule has 7 nitrogen and oxygen atoms in total. The second kappa shape index (κ2) is 11.4. The minimum atomic E-state index is -0.556. The van der Waals surface area contributed by atoms with Crippen molar-refractivity contribution in [2.75, 3.05) is 37.8 Å². The van der Waals surface area contributed by atoms with Crippen LogP contribution in [0.5, 0.6) is 0 Å². The van der Waals surface area contributed by atoms with E-state index in [9.17, 15) is 14.4 Å². The summed E-state index contributed by atoms with van der Waals surface area (Å²) in [6, 6.07) is 12.9. The van der Waals surface area contributed by atoms with Gasteiger partial charge in [-0.25, -0.2) is 0 Å². The van der Waals surface area contributed by atoms with Gasteiger partial charge in [-0.05, 0) is 57.0 Å². The zero-order chi connectivity index (χ0) is 23.8. The van der Waals surface area contributed by atoms with Crippen LogP contribution in [0.25, 0.3) is 0 Å². The molecule has 0 saturated heterocycles. The van der Waals surface area contributed by atoms with Gasteiger partial charge in [0.05, 0.1) is 19.1 Å². The lowest BCUT2D eigenvalue weighted by atomic mass is 10.1. The van der Waals surface area contributed by atoms with Crippen molar-refractivity contribution in [2.24, 2.45) is 0 Å². The first-order valence-electron chi connectivity index (χ1n) is 10.8. The number of carbonyl (C=O) groups excluding carboxylic acids is 3. The van der Waals surface area contributed by atoms with Gasteiger partial charge in [0, 0.05) is 18.4 Å². The van der Waals surface area contributed by atoms with Gasteiger partial charge in [-0.2, -0.15) is 0 Å². The van der Waals surface area contributed by atoms with Crippen LogP contribution in [0.15, 0.2) is 42.5 Å². The van der Waals surface area contributed by atoms with Crippen molar-refractivity contribution in [2.45, 2.75) is 40.2 Å². The zero-order valence-electron chi connectivity index (χ0n) is 19.9. The third-order valence-electron chi connectivity index (χ3n) is 5.59. The molecule has 1 unspecified atom stereocenters. The fourth-order valence-corrected chi connectivity index (χ4v) is 3.50. The van der Waals surface area contributed by atoms with Crippen LogP contribution < -0.4 is 10.6 Å². The Labute approximate surface area is 190 Å². The van der Waals surface area contributed by atoms with Crippen LogP contribution >= 0.6 is 0 Å². The Morgan fingerprint density at radius 3 is 2.09 bits per heavy atom. The SMILES string of the molecule is CCc1ccccc1NC(=O)CN(C)C(=O)C(C)N(C)CC(=O)Nc1c(C)cccc1C. The van der Waals surface area contributed by atoms with Gasteiger partial charge >= 0.3 is 0 Å². The van der Waals surface area contributed by atoms with Crippen molar-refractivity contribution >= 4 is 29.1 Å². The van der Waals surface area contributed by atoms with E-state index in [0.29, 0.717) is 0 Å². The second-order valence-electron chi connectivity index (χ2n) is 8.16. The summed E-state index contributed by atoms with van der Waals surface area (Å²) in [4.78, 5) is 40.8. The molecule has 32 heavy (non-hydrogen) atoms. The van der Waals surface area contributed by atoms with Crippen LogP contribution in [-0.4, -0.2) is 60.7 Å². The monoisotopic (exact) mass is 438 g/mol. The maximum absolute atomic E-state index is 12.8. The molecule has 172 valence electrons. The van der Waals surface area contributed by atoms with Crippen LogP contribution in [0.4, 0.5) is 11.4 Å². The number of hydrogen-bond donors (Lipinski definition) is 2. The van der Waals surface area contributed by atoms with E-state index >= 15 is 0 Å². The normalized spacial score (nSPS) is 11.7. The van der Waals surface area contributed by atoms with Gasteiger partial charge in [0.15, 0.2) is 0 Å². The Bertz CT molecular complexity index is 953. The van der Waals surface area contributed by atoms with Crippen molar-refractivity contribution in [1.82, 2.24) is 9.80 Å². The van der Waals surface area contributed by atoms with Gasteiger partial charge in [-0.3, -0.25) is 19.3 Å². The fraction of sp³-hybridized carbons (Fsp3) is 0.400. The molecule has 0 bridgehead atoms. The summed E-state index contributed by atoms with van der Waals surface area (Å²) in [5.41, 5.74) is 4.57. The number of amides is 3. The van der Waals surface area contributed by atoms with E-state index in [4.69, 9.17) is 0 Å². The molecule has 0 aliphatic rings. The Kier molecular flexibility index (Phi) is 8.96. The fourth-order valence-electron chi connectivity index (χ4n) is 3.50. The Morgan fingerprint density at radius 1 is 0.875 bits per heavy atom. The largest absolute Gasteiger partial charge is 0.335 e. The summed E-state index contributed by atoms with van der Waals surface area (Å²) in [5, 5.41) is 5.81. The molecule has 2 aromatic rings. The topological polar surface area (TPSA) is 81.8 Å². The average Bonchev–Trinajstić information content (AvgIpc) is 2.75. The number of nitrogens with zero attached hydrogens (tertiary/aromatic N) is 2. The summed E-state index contributed by atoms with van der Waals surface area (Å²) in [6.07, 6.45) is 0.803. The summed E-state index contributed by atoms with van der Waals surface area (Å²) in [7, 11) is 3.31. The maximum Gasteiger partial charge on any atom is 0.243 e. The predicted molar refractivity (Wildman–Crippen MR) is 129 cm³/mol. The van der Waals surface area contributed by atoms with Gasteiger partial charge in [0.2, 0.25) is 17.7 Å². The average molecular weight is 439 g/mol. The van der Waals surface area contributed by atoms with E-state index in [2.05, 4.69) is 10.6 Å². The molecule has 0 radical (unpaired) electrons. The van der Waals surface area contributed by atoms with Crippen molar-refractivity contribution in [3.8, 4) is 0 Å². The standard InChI is InChI=1S/C25H34N4O3/c1-7-20-13-8-9-14-21(20)26-22(30)16-29(6)25(32)19(4)28(5)15-23(31)27-24-17(2)11-10-12-18(24)3/h8-14,19H,7,15-16H2,1-6H3,(H,26,30)(H,27,31). The Morgan fingerprint density at radius 2 is 1.47 bits per heavy atom. The number of benzene rings is 2. The van der Waals surface area contributed by atoms with Gasteiger partial charge in [0.25, 0.3) is 0 Å². The summed E-state index contributed by atoms with van der Waals surface area (Å²) in [5.74, 6) is -0.684. The molecule has 3 amide bonds. The number of aryl methyl sites for hydroxylation is 3. The molecule has 0 spiro atoms. The second-order valence-corrected chi connectivity index (χ2v) is 8.16. The quantitative estimate of drug-likeness (QED) is 0.630. The number of para-hydroxylation sites is 2. The molecule has 0 aliphatic heterocycles. The predicted octanol–water partition coefficient (Wildman–Crippen LogP) is 3.22. The lowest BCUT2D eigenvalue weighted by Crippen LogP contribution is -2.48. The zero-order valence-corrected chi connectivity index (χ0v) is 19.9. The number of carbonyl (C=O) groups is 3. The molecule has 0 heterocycles. The van der Waals surface area contributed by atoms with Crippen LogP contribution in [0.2, 0.25) is 0 Å². The lowest BCUT2D eigenvalue weighted by molar-refractivity contribution is -0.137. The molecular formula is C25H34N4O3. The smallest absolute Gasteiger partial charge is 0.243 e. The molecule has 2 aromatic carbocycles. The number of anilines is 2. The molecule has 2 rings (SSSR count). The third-order valence-corrected chi connectivity index (χ3v) is 5.59. The molecule has 0 fully saturated rings.